The number of halogens is 1. The zero-order valence-electron chi connectivity index (χ0n) is 9.66. The van der Waals surface area contributed by atoms with E-state index in [1.807, 2.05) is 36.9 Å². The fourth-order valence-corrected chi connectivity index (χ4v) is 2.09. The predicted octanol–water partition coefficient (Wildman–Crippen LogP) is 2.84. The average Bonchev–Trinajstić information content (AvgIpc) is 2.71. The quantitative estimate of drug-likeness (QED) is 0.725. The van der Waals surface area contributed by atoms with E-state index in [4.69, 9.17) is 11.6 Å². The molecule has 16 heavy (non-hydrogen) atoms. The zero-order valence-corrected chi connectivity index (χ0v) is 10.4. The number of para-hydroxylation sites is 1. The molecule has 0 radical (unpaired) electrons. The molecule has 1 aromatic rings. The summed E-state index contributed by atoms with van der Waals surface area (Å²) >= 11 is 5.85. The summed E-state index contributed by atoms with van der Waals surface area (Å²) in [6.07, 6.45) is 0.945. The topological polar surface area (TPSA) is 20.3 Å². The summed E-state index contributed by atoms with van der Waals surface area (Å²) in [6.45, 7) is 4.56. The highest BCUT2D eigenvalue weighted by atomic mass is 35.5. The van der Waals surface area contributed by atoms with Gasteiger partial charge in [0.15, 0.2) is 0 Å². The maximum Gasteiger partial charge on any atom is 0.233 e. The first-order valence-corrected chi connectivity index (χ1v) is 6.05. The fourth-order valence-electron chi connectivity index (χ4n) is 1.97. The van der Waals surface area contributed by atoms with Crippen LogP contribution < -0.4 is 4.90 Å². The van der Waals surface area contributed by atoms with Crippen LogP contribution in [-0.2, 0) is 11.2 Å². The Morgan fingerprint density at radius 1 is 1.44 bits per heavy atom. The second-order valence-corrected chi connectivity index (χ2v) is 5.12. The molecule has 2 nitrogen and oxygen atoms in total. The van der Waals surface area contributed by atoms with Crippen LogP contribution in [0.25, 0.3) is 0 Å². The van der Waals surface area contributed by atoms with Gasteiger partial charge in [0.2, 0.25) is 5.91 Å². The number of hydrogen-bond donors (Lipinski definition) is 0. The van der Waals surface area contributed by atoms with Crippen LogP contribution >= 0.6 is 11.6 Å². The number of carbonyl (C=O) groups excluding carboxylic acids is 1. The van der Waals surface area contributed by atoms with Crippen molar-refractivity contribution in [3.05, 3.63) is 29.8 Å². The van der Waals surface area contributed by atoms with E-state index in [1.54, 1.807) is 0 Å². The van der Waals surface area contributed by atoms with Crippen molar-refractivity contribution in [1.29, 1.82) is 0 Å². The largest absolute Gasteiger partial charge is 0.311 e. The summed E-state index contributed by atoms with van der Waals surface area (Å²) in [5.74, 6) is 0.470. The lowest BCUT2D eigenvalue weighted by molar-refractivity contribution is -0.125. The number of fused-ring (bicyclic) bond motifs is 1. The van der Waals surface area contributed by atoms with Gasteiger partial charge in [-0.15, -0.1) is 11.6 Å². The van der Waals surface area contributed by atoms with Crippen LogP contribution in [0.4, 0.5) is 5.69 Å². The Balaban J connectivity index is 2.29. The third kappa shape index (κ3) is 1.82. The molecule has 0 spiro atoms. The Labute approximate surface area is 101 Å². The first-order valence-electron chi connectivity index (χ1n) is 5.52. The van der Waals surface area contributed by atoms with E-state index in [0.29, 0.717) is 5.88 Å². The van der Waals surface area contributed by atoms with Gasteiger partial charge in [-0.3, -0.25) is 4.79 Å². The van der Waals surface area contributed by atoms with Gasteiger partial charge in [0.05, 0.1) is 5.41 Å². The van der Waals surface area contributed by atoms with Gasteiger partial charge in [0.1, 0.15) is 0 Å². The maximum atomic E-state index is 12.3. The van der Waals surface area contributed by atoms with Gasteiger partial charge in [0.25, 0.3) is 0 Å². The van der Waals surface area contributed by atoms with Gasteiger partial charge >= 0.3 is 0 Å². The summed E-state index contributed by atoms with van der Waals surface area (Å²) in [4.78, 5) is 14.2. The van der Waals surface area contributed by atoms with Crippen molar-refractivity contribution in [3.8, 4) is 0 Å². The fraction of sp³-hybridized carbons (Fsp3) is 0.462. The minimum atomic E-state index is -0.487. The second-order valence-electron chi connectivity index (χ2n) is 4.85. The standard InChI is InChI=1S/C13H16ClNO/c1-13(2,9-14)12(16)15-8-7-10-5-3-4-6-11(10)15/h3-6H,7-9H2,1-2H3. The summed E-state index contributed by atoms with van der Waals surface area (Å²) < 4.78 is 0. The van der Waals surface area contributed by atoms with E-state index in [2.05, 4.69) is 6.07 Å². The van der Waals surface area contributed by atoms with Gasteiger partial charge in [-0.2, -0.15) is 0 Å². The zero-order chi connectivity index (χ0) is 11.8. The van der Waals surface area contributed by atoms with Gasteiger partial charge in [-0.25, -0.2) is 0 Å². The molecule has 0 fully saturated rings. The first-order chi connectivity index (χ1) is 7.56. The molecule has 1 amide bonds. The molecule has 1 aliphatic heterocycles. The van der Waals surface area contributed by atoms with Crippen molar-refractivity contribution in [1.82, 2.24) is 0 Å². The lowest BCUT2D eigenvalue weighted by Gasteiger charge is -2.27. The van der Waals surface area contributed by atoms with Crippen LogP contribution in [-0.4, -0.2) is 18.3 Å². The summed E-state index contributed by atoms with van der Waals surface area (Å²) in [7, 11) is 0. The highest BCUT2D eigenvalue weighted by Gasteiger charge is 2.34. The first kappa shape index (κ1) is 11.5. The van der Waals surface area contributed by atoms with E-state index < -0.39 is 5.41 Å². The molecule has 0 aliphatic carbocycles. The number of rotatable bonds is 2. The lowest BCUT2D eigenvalue weighted by Crippen LogP contribution is -2.41. The van der Waals surface area contributed by atoms with Gasteiger partial charge < -0.3 is 4.90 Å². The highest BCUT2D eigenvalue weighted by Crippen LogP contribution is 2.32. The van der Waals surface area contributed by atoms with Crippen molar-refractivity contribution in [3.63, 3.8) is 0 Å². The number of anilines is 1. The SMILES string of the molecule is CC(C)(CCl)C(=O)N1CCc2ccccc21. The third-order valence-corrected chi connectivity index (χ3v) is 3.71. The molecule has 1 aromatic carbocycles. The number of amides is 1. The molecule has 0 atom stereocenters. The van der Waals surface area contributed by atoms with E-state index >= 15 is 0 Å². The average molecular weight is 238 g/mol. The van der Waals surface area contributed by atoms with E-state index in [0.717, 1.165) is 18.7 Å². The maximum absolute atomic E-state index is 12.3. The van der Waals surface area contributed by atoms with Gasteiger partial charge in [-0.1, -0.05) is 18.2 Å². The van der Waals surface area contributed by atoms with Crippen molar-refractivity contribution < 1.29 is 4.79 Å². The van der Waals surface area contributed by atoms with Crippen LogP contribution in [0.3, 0.4) is 0 Å². The molecule has 0 unspecified atom stereocenters. The molecule has 86 valence electrons. The summed E-state index contributed by atoms with van der Waals surface area (Å²) in [5.41, 5.74) is 1.81. The molecule has 1 heterocycles. The Morgan fingerprint density at radius 2 is 2.12 bits per heavy atom. The van der Waals surface area contributed by atoms with Crippen LogP contribution in [0, 0.1) is 5.41 Å². The number of nitrogens with zero attached hydrogens (tertiary/aromatic N) is 1. The minimum absolute atomic E-state index is 0.118. The van der Waals surface area contributed by atoms with Crippen molar-refractivity contribution in [2.75, 3.05) is 17.3 Å². The smallest absolute Gasteiger partial charge is 0.233 e. The Kier molecular flexibility index (Phi) is 2.94. The third-order valence-electron chi connectivity index (χ3n) is 3.05. The monoisotopic (exact) mass is 237 g/mol. The molecule has 2 rings (SSSR count). The molecule has 0 saturated heterocycles. The Hall–Kier alpha value is -1.02. The van der Waals surface area contributed by atoms with Crippen molar-refractivity contribution >= 4 is 23.2 Å². The molecule has 0 aromatic heterocycles. The Morgan fingerprint density at radius 3 is 2.81 bits per heavy atom. The van der Waals surface area contributed by atoms with Gasteiger partial charge in [-0.05, 0) is 31.9 Å². The van der Waals surface area contributed by atoms with Crippen molar-refractivity contribution in [2.24, 2.45) is 5.41 Å². The van der Waals surface area contributed by atoms with Crippen LogP contribution in [0.1, 0.15) is 19.4 Å². The van der Waals surface area contributed by atoms with E-state index in [-0.39, 0.29) is 5.91 Å². The summed E-state index contributed by atoms with van der Waals surface area (Å²) in [5, 5.41) is 0. The minimum Gasteiger partial charge on any atom is -0.311 e. The van der Waals surface area contributed by atoms with Gasteiger partial charge in [0, 0.05) is 18.1 Å². The molecule has 1 aliphatic rings. The number of benzene rings is 1. The van der Waals surface area contributed by atoms with E-state index in [9.17, 15) is 4.79 Å². The van der Waals surface area contributed by atoms with Crippen LogP contribution in [0.5, 0.6) is 0 Å². The number of alkyl halides is 1. The number of hydrogen-bond acceptors (Lipinski definition) is 1. The molecular weight excluding hydrogens is 222 g/mol. The molecule has 0 bridgehead atoms. The van der Waals surface area contributed by atoms with Crippen molar-refractivity contribution in [2.45, 2.75) is 20.3 Å². The predicted molar refractivity (Wildman–Crippen MR) is 67.0 cm³/mol. The highest BCUT2D eigenvalue weighted by molar-refractivity contribution is 6.20. The summed E-state index contributed by atoms with van der Waals surface area (Å²) in [6, 6.07) is 8.07. The normalized spacial score (nSPS) is 15.1. The molecular formula is C13H16ClNO. The second kappa shape index (κ2) is 4.10. The van der Waals surface area contributed by atoms with Crippen LogP contribution in [0.15, 0.2) is 24.3 Å². The molecule has 0 saturated carbocycles. The Bertz CT molecular complexity index is 414. The molecule has 3 heteroatoms. The number of carbonyl (C=O) groups is 1. The van der Waals surface area contributed by atoms with Crippen LogP contribution in [0.2, 0.25) is 0 Å². The molecule has 0 N–H and O–H groups in total. The van der Waals surface area contributed by atoms with E-state index in [1.165, 1.54) is 5.56 Å². The lowest BCUT2D eigenvalue weighted by atomic mass is 9.94.